The molecule has 0 spiro atoms. The van der Waals surface area contributed by atoms with Crippen molar-refractivity contribution in [3.63, 3.8) is 0 Å². The second kappa shape index (κ2) is 8.33. The van der Waals surface area contributed by atoms with Crippen LogP contribution in [0.5, 0.6) is 0 Å². The van der Waals surface area contributed by atoms with E-state index in [2.05, 4.69) is 21.2 Å². The quantitative estimate of drug-likeness (QED) is 0.809. The van der Waals surface area contributed by atoms with Crippen molar-refractivity contribution in [1.29, 1.82) is 0 Å². The van der Waals surface area contributed by atoms with E-state index in [0.29, 0.717) is 13.0 Å². The molecule has 0 saturated carbocycles. The molecule has 4 heteroatoms. The van der Waals surface area contributed by atoms with Gasteiger partial charge >= 0.3 is 0 Å². The first-order chi connectivity index (χ1) is 9.02. The number of rotatable bonds is 7. The molecule has 0 heterocycles. The van der Waals surface area contributed by atoms with Crippen molar-refractivity contribution in [3.05, 3.63) is 34.3 Å². The summed E-state index contributed by atoms with van der Waals surface area (Å²) in [5.41, 5.74) is 1.16. The summed E-state index contributed by atoms with van der Waals surface area (Å²) in [5, 5.41) is 12.1. The minimum Gasteiger partial charge on any atom is -0.393 e. The van der Waals surface area contributed by atoms with Crippen LogP contribution in [-0.2, 0) is 11.2 Å². The summed E-state index contributed by atoms with van der Waals surface area (Å²) >= 11 is 3.44. The second-order valence-corrected chi connectivity index (χ2v) is 5.78. The molecule has 0 fully saturated rings. The van der Waals surface area contributed by atoms with Gasteiger partial charge in [0.1, 0.15) is 0 Å². The third-order valence-corrected chi connectivity index (χ3v) is 3.59. The van der Waals surface area contributed by atoms with Gasteiger partial charge in [-0.2, -0.15) is 0 Å². The average Bonchev–Trinajstić information content (AvgIpc) is 2.35. The van der Waals surface area contributed by atoms with Gasteiger partial charge in [0.05, 0.1) is 6.10 Å². The maximum atomic E-state index is 12.0. The lowest BCUT2D eigenvalue weighted by Crippen LogP contribution is -2.33. The maximum Gasteiger partial charge on any atom is 0.223 e. The highest BCUT2D eigenvalue weighted by Crippen LogP contribution is 2.17. The first-order valence-corrected chi connectivity index (χ1v) is 7.52. The molecular weight excluding hydrogens is 306 g/mol. The summed E-state index contributed by atoms with van der Waals surface area (Å²) < 4.78 is 1.04. The molecule has 0 saturated heterocycles. The van der Waals surface area contributed by atoms with E-state index in [1.807, 2.05) is 31.2 Å². The van der Waals surface area contributed by atoms with Crippen molar-refractivity contribution in [2.45, 2.75) is 39.2 Å². The number of halogens is 1. The first kappa shape index (κ1) is 16.2. The number of carbonyl (C=O) groups is 1. The molecule has 2 atom stereocenters. The molecule has 2 N–H and O–H groups in total. The van der Waals surface area contributed by atoms with Gasteiger partial charge in [-0.15, -0.1) is 0 Å². The molecule has 1 aromatic rings. The Kier molecular flexibility index (Phi) is 7.10. The second-order valence-electron chi connectivity index (χ2n) is 4.87. The van der Waals surface area contributed by atoms with Crippen molar-refractivity contribution in [2.24, 2.45) is 5.92 Å². The average molecular weight is 328 g/mol. The topological polar surface area (TPSA) is 49.3 Å². The molecule has 3 nitrogen and oxygen atoms in total. The molecule has 19 heavy (non-hydrogen) atoms. The van der Waals surface area contributed by atoms with E-state index in [9.17, 15) is 9.90 Å². The molecular formula is C15H22BrNO2. The monoisotopic (exact) mass is 327 g/mol. The Hall–Kier alpha value is -0.870. The molecule has 0 aliphatic carbocycles. The Morgan fingerprint density at radius 1 is 1.47 bits per heavy atom. The molecule has 0 aromatic heterocycles. The van der Waals surface area contributed by atoms with Gasteiger partial charge in [-0.3, -0.25) is 4.79 Å². The van der Waals surface area contributed by atoms with Crippen LogP contribution in [0, 0.1) is 5.92 Å². The lowest BCUT2D eigenvalue weighted by atomic mass is 9.96. The zero-order chi connectivity index (χ0) is 14.3. The number of hydrogen-bond acceptors (Lipinski definition) is 2. The van der Waals surface area contributed by atoms with Gasteiger partial charge in [-0.1, -0.05) is 35.0 Å². The van der Waals surface area contributed by atoms with Crippen LogP contribution in [0.3, 0.4) is 0 Å². The van der Waals surface area contributed by atoms with Crippen LogP contribution in [0.4, 0.5) is 0 Å². The van der Waals surface area contributed by atoms with E-state index in [4.69, 9.17) is 0 Å². The highest BCUT2D eigenvalue weighted by molar-refractivity contribution is 9.10. The molecule has 0 aliphatic rings. The third-order valence-electron chi connectivity index (χ3n) is 3.10. The van der Waals surface area contributed by atoms with Gasteiger partial charge < -0.3 is 10.4 Å². The molecule has 1 rings (SSSR count). The SMILES string of the molecule is CCC(Cc1cccc(Br)c1)C(=O)NCCC(C)O. The van der Waals surface area contributed by atoms with Crippen LogP contribution in [-0.4, -0.2) is 23.7 Å². The predicted molar refractivity (Wildman–Crippen MR) is 80.9 cm³/mol. The molecule has 1 aromatic carbocycles. The Balaban J connectivity index is 2.50. The molecule has 1 amide bonds. The number of amides is 1. The lowest BCUT2D eigenvalue weighted by molar-refractivity contribution is -0.125. The minimum atomic E-state index is -0.370. The standard InChI is InChI=1S/C15H22BrNO2/c1-3-13(15(19)17-8-7-11(2)18)9-12-5-4-6-14(16)10-12/h4-6,10-11,13,18H,3,7-9H2,1-2H3,(H,17,19). The summed E-state index contributed by atoms with van der Waals surface area (Å²) in [5.74, 6) is 0.0615. The zero-order valence-electron chi connectivity index (χ0n) is 11.5. The number of carbonyl (C=O) groups excluding carboxylic acids is 1. The lowest BCUT2D eigenvalue weighted by Gasteiger charge is -2.15. The van der Waals surface area contributed by atoms with Gasteiger partial charge in [0.15, 0.2) is 0 Å². The Morgan fingerprint density at radius 2 is 2.21 bits per heavy atom. The highest BCUT2D eigenvalue weighted by Gasteiger charge is 2.16. The van der Waals surface area contributed by atoms with E-state index >= 15 is 0 Å². The van der Waals surface area contributed by atoms with Crippen LogP contribution in [0.15, 0.2) is 28.7 Å². The van der Waals surface area contributed by atoms with Crippen LogP contribution in [0.25, 0.3) is 0 Å². The number of aliphatic hydroxyl groups excluding tert-OH is 1. The minimum absolute atomic E-state index is 0.0108. The highest BCUT2D eigenvalue weighted by atomic mass is 79.9. The van der Waals surface area contributed by atoms with E-state index in [0.717, 1.165) is 22.9 Å². The van der Waals surface area contributed by atoms with Gasteiger partial charge in [-0.25, -0.2) is 0 Å². The molecule has 2 unspecified atom stereocenters. The normalized spacial score (nSPS) is 13.9. The van der Waals surface area contributed by atoms with Crippen LogP contribution in [0.1, 0.15) is 32.3 Å². The molecule has 0 bridgehead atoms. The van der Waals surface area contributed by atoms with Crippen molar-refractivity contribution in [2.75, 3.05) is 6.54 Å². The van der Waals surface area contributed by atoms with Gasteiger partial charge in [0.2, 0.25) is 5.91 Å². The van der Waals surface area contributed by atoms with Crippen LogP contribution in [0.2, 0.25) is 0 Å². The Bertz CT molecular complexity index is 407. The van der Waals surface area contributed by atoms with Gasteiger partial charge in [0.25, 0.3) is 0 Å². The van der Waals surface area contributed by atoms with Crippen molar-refractivity contribution >= 4 is 21.8 Å². The fourth-order valence-electron chi connectivity index (χ4n) is 1.92. The summed E-state index contributed by atoms with van der Waals surface area (Å²) in [7, 11) is 0. The van der Waals surface area contributed by atoms with Crippen molar-refractivity contribution < 1.29 is 9.90 Å². The van der Waals surface area contributed by atoms with Crippen LogP contribution < -0.4 is 5.32 Å². The third kappa shape index (κ3) is 6.21. The van der Waals surface area contributed by atoms with Crippen molar-refractivity contribution in [1.82, 2.24) is 5.32 Å². The summed E-state index contributed by atoms with van der Waals surface area (Å²) in [4.78, 5) is 12.0. The zero-order valence-corrected chi connectivity index (χ0v) is 13.1. The van der Waals surface area contributed by atoms with Gasteiger partial charge in [-0.05, 0) is 43.9 Å². The number of aliphatic hydroxyl groups is 1. The fourth-order valence-corrected chi connectivity index (χ4v) is 2.37. The smallest absolute Gasteiger partial charge is 0.223 e. The Morgan fingerprint density at radius 3 is 2.79 bits per heavy atom. The van der Waals surface area contributed by atoms with Crippen LogP contribution >= 0.6 is 15.9 Å². The summed E-state index contributed by atoms with van der Waals surface area (Å²) in [6.45, 7) is 4.29. The number of benzene rings is 1. The van der Waals surface area contributed by atoms with Crippen molar-refractivity contribution in [3.8, 4) is 0 Å². The summed E-state index contributed by atoms with van der Waals surface area (Å²) in [6, 6.07) is 8.05. The van der Waals surface area contributed by atoms with E-state index in [1.54, 1.807) is 6.92 Å². The van der Waals surface area contributed by atoms with E-state index in [1.165, 1.54) is 0 Å². The first-order valence-electron chi connectivity index (χ1n) is 6.73. The molecule has 0 radical (unpaired) electrons. The Labute approximate surface area is 123 Å². The largest absolute Gasteiger partial charge is 0.393 e. The number of hydrogen-bond donors (Lipinski definition) is 2. The summed E-state index contributed by atoms with van der Waals surface area (Å²) in [6.07, 6.45) is 1.79. The van der Waals surface area contributed by atoms with Gasteiger partial charge in [0, 0.05) is 16.9 Å². The van der Waals surface area contributed by atoms with E-state index < -0.39 is 0 Å². The van der Waals surface area contributed by atoms with E-state index in [-0.39, 0.29) is 17.9 Å². The fraction of sp³-hybridized carbons (Fsp3) is 0.533. The predicted octanol–water partition coefficient (Wildman–Crippen LogP) is 2.90. The molecule has 106 valence electrons. The maximum absolute atomic E-state index is 12.0. The number of nitrogens with one attached hydrogen (secondary N) is 1. The molecule has 0 aliphatic heterocycles.